The van der Waals surface area contributed by atoms with Crippen molar-refractivity contribution in [3.63, 3.8) is 0 Å². The molecule has 59 heavy (non-hydrogen) atoms. The van der Waals surface area contributed by atoms with Gasteiger partial charge in [-0.3, -0.25) is 24.1 Å². The summed E-state index contributed by atoms with van der Waals surface area (Å²) in [6.07, 6.45) is 5.84. The zero-order valence-electron chi connectivity index (χ0n) is 34.8. The number of nitrogens with one attached hydrogen (secondary N) is 2. The van der Waals surface area contributed by atoms with Gasteiger partial charge in [-0.25, -0.2) is 9.78 Å². The van der Waals surface area contributed by atoms with Crippen LogP contribution in [0.3, 0.4) is 0 Å². The lowest BCUT2D eigenvalue weighted by atomic mass is 10.1. The van der Waals surface area contributed by atoms with Crippen LogP contribution in [-0.2, 0) is 17.8 Å². The van der Waals surface area contributed by atoms with Gasteiger partial charge in [0.1, 0.15) is 34.0 Å². The van der Waals surface area contributed by atoms with Crippen molar-refractivity contribution in [3.05, 3.63) is 65.0 Å². The van der Waals surface area contributed by atoms with E-state index in [-0.39, 0.29) is 49.0 Å². The molecule has 6 N–H and O–H groups in total. The molecule has 4 aromatic rings. The Balaban J connectivity index is 1.41. The summed E-state index contributed by atoms with van der Waals surface area (Å²) in [5.41, 5.74) is 14.2. The van der Waals surface area contributed by atoms with E-state index >= 15 is 0 Å². The molecule has 4 amide bonds. The molecule has 0 aliphatic heterocycles. The molecule has 0 saturated heterocycles. The smallest absolute Gasteiger partial charge is 0.410 e. The number of allylic oxidation sites excluding steroid dienone is 1. The monoisotopic (exact) mass is 813 g/mol. The minimum Gasteiger partial charge on any atom is -0.494 e. The van der Waals surface area contributed by atoms with E-state index < -0.39 is 17.4 Å². The molecular weight excluding hydrogens is 759 g/mol. The molecule has 18 heteroatoms. The number of methoxy groups -OCH3 is 1. The van der Waals surface area contributed by atoms with E-state index in [0.717, 1.165) is 12.8 Å². The molecule has 2 aromatic carbocycles. The van der Waals surface area contributed by atoms with Crippen molar-refractivity contribution in [2.75, 3.05) is 50.7 Å². The second-order valence-corrected chi connectivity index (χ2v) is 15.0. The number of carbonyl (C=O) groups is 4. The summed E-state index contributed by atoms with van der Waals surface area (Å²) >= 11 is 0. The number of aryl methyl sites for hydroxylation is 2. The number of hydrogen-bond donors (Lipinski definition) is 4. The molecule has 1 aliphatic carbocycles. The first-order valence-electron chi connectivity index (χ1n) is 19.4. The number of ether oxygens (including phenoxy) is 3. The number of carbonyl (C=O) groups excluding carboxylic acids is 4. The van der Waals surface area contributed by atoms with Gasteiger partial charge >= 0.3 is 6.09 Å². The lowest BCUT2D eigenvalue weighted by Crippen LogP contribution is -2.39. The topological polar surface area (TPSA) is 227 Å². The van der Waals surface area contributed by atoms with E-state index in [4.69, 9.17) is 30.7 Å². The Bertz CT molecular complexity index is 2230. The average molecular weight is 814 g/mol. The molecule has 0 atom stereocenters. The van der Waals surface area contributed by atoms with Crippen LogP contribution in [0.15, 0.2) is 47.5 Å². The maximum absolute atomic E-state index is 13.4. The molecule has 2 aromatic heterocycles. The number of nitrogens with zero attached hydrogens (tertiary/aromatic N) is 7. The number of amides is 4. The lowest BCUT2D eigenvalue weighted by Gasteiger charge is -2.27. The first kappa shape index (κ1) is 43.5. The predicted molar refractivity (Wildman–Crippen MR) is 226 cm³/mol. The highest BCUT2D eigenvalue weighted by Gasteiger charge is 2.35. The van der Waals surface area contributed by atoms with Gasteiger partial charge in [-0.05, 0) is 90.9 Å². The molecule has 0 bridgehead atoms. The Morgan fingerprint density at radius 2 is 1.75 bits per heavy atom. The Hall–Kier alpha value is -6.59. The summed E-state index contributed by atoms with van der Waals surface area (Å²) in [4.78, 5) is 63.3. The first-order valence-corrected chi connectivity index (χ1v) is 19.4. The normalized spacial score (nSPS) is 12.7. The quantitative estimate of drug-likeness (QED) is 0.0412. The Morgan fingerprint density at radius 1 is 1.05 bits per heavy atom. The van der Waals surface area contributed by atoms with E-state index in [0.29, 0.717) is 77.3 Å². The number of aliphatic imine (C=N–C) groups is 1. The van der Waals surface area contributed by atoms with Crippen LogP contribution in [0, 0.1) is 6.92 Å². The van der Waals surface area contributed by atoms with Crippen molar-refractivity contribution in [2.24, 2.45) is 16.5 Å². The minimum absolute atomic E-state index is 0.0155. The molecule has 5 rings (SSSR count). The van der Waals surface area contributed by atoms with Crippen LogP contribution in [0.5, 0.6) is 11.5 Å². The molecule has 1 saturated carbocycles. The summed E-state index contributed by atoms with van der Waals surface area (Å²) in [5.74, 6) is -0.411. The standard InChI is InChI=1S/C41H55N11O7/c1-9-52-31(19-25(2)48-52)38(55)46-24-49(34-29(44-6)20-26(36(42)53)22-32(34)57-8)15-10-11-16-51-35-30(47-39(51)45-7)21-27(37(43)54)23-33(35)58-18-12-17-50(28-13-14-28)40(56)59-41(3,4)5/h10-11,19-23,28H,6,9,12-18,24H2,1-5,7-8H3,(H2,42,53)(H2,43,54)(H,45,47)(H,46,55)/b11-10+. The Kier molecular flexibility index (Phi) is 13.9. The summed E-state index contributed by atoms with van der Waals surface area (Å²) in [6.45, 7) is 14.7. The van der Waals surface area contributed by atoms with Gasteiger partial charge in [-0.2, -0.15) is 5.10 Å². The van der Waals surface area contributed by atoms with Gasteiger partial charge < -0.3 is 50.7 Å². The third kappa shape index (κ3) is 10.7. The highest BCUT2D eigenvalue weighted by Crippen LogP contribution is 2.39. The third-order valence-corrected chi connectivity index (χ3v) is 9.42. The van der Waals surface area contributed by atoms with E-state index in [1.54, 1.807) is 34.8 Å². The lowest BCUT2D eigenvalue weighted by molar-refractivity contribution is 0.0225. The van der Waals surface area contributed by atoms with E-state index in [1.165, 1.54) is 19.2 Å². The predicted octanol–water partition coefficient (Wildman–Crippen LogP) is 4.76. The number of benzene rings is 2. The summed E-state index contributed by atoms with van der Waals surface area (Å²) in [6, 6.07) is 8.11. The van der Waals surface area contributed by atoms with Gasteiger partial charge in [0.25, 0.3) is 5.91 Å². The van der Waals surface area contributed by atoms with Gasteiger partial charge in [-0.1, -0.05) is 12.2 Å². The van der Waals surface area contributed by atoms with Crippen molar-refractivity contribution in [2.45, 2.75) is 78.6 Å². The number of primary amides is 2. The molecule has 0 radical (unpaired) electrons. The Morgan fingerprint density at radius 3 is 2.36 bits per heavy atom. The van der Waals surface area contributed by atoms with Gasteiger partial charge in [0, 0.05) is 50.4 Å². The molecular formula is C41H55N11O7. The summed E-state index contributed by atoms with van der Waals surface area (Å²) in [5, 5.41) is 10.5. The number of fused-ring (bicyclic) bond motifs is 1. The van der Waals surface area contributed by atoms with Crippen LogP contribution in [-0.4, -0.2) is 107 Å². The van der Waals surface area contributed by atoms with Crippen molar-refractivity contribution in [1.82, 2.24) is 29.5 Å². The number of imidazole rings is 1. The Labute approximate surface area is 343 Å². The van der Waals surface area contributed by atoms with Crippen LogP contribution < -0.4 is 36.5 Å². The summed E-state index contributed by atoms with van der Waals surface area (Å²) in [7, 11) is 3.20. The van der Waals surface area contributed by atoms with E-state index in [2.05, 4.69) is 27.4 Å². The number of anilines is 2. The van der Waals surface area contributed by atoms with Crippen LogP contribution >= 0.6 is 0 Å². The number of hydrogen-bond acceptors (Lipinski definition) is 12. The molecule has 0 spiro atoms. The average Bonchev–Trinajstić information content (AvgIpc) is 3.86. The highest BCUT2D eigenvalue weighted by atomic mass is 16.6. The number of aromatic nitrogens is 4. The fourth-order valence-corrected chi connectivity index (χ4v) is 6.57. The van der Waals surface area contributed by atoms with Gasteiger partial charge in [0.15, 0.2) is 0 Å². The summed E-state index contributed by atoms with van der Waals surface area (Å²) < 4.78 is 21.2. The molecule has 1 fully saturated rings. The van der Waals surface area contributed by atoms with Crippen LogP contribution in [0.1, 0.15) is 83.9 Å². The van der Waals surface area contributed by atoms with Gasteiger partial charge in [0.2, 0.25) is 17.8 Å². The zero-order valence-corrected chi connectivity index (χ0v) is 34.8. The van der Waals surface area contributed by atoms with Crippen LogP contribution in [0.2, 0.25) is 0 Å². The van der Waals surface area contributed by atoms with Crippen LogP contribution in [0.4, 0.5) is 22.1 Å². The number of nitrogens with two attached hydrogens (primary N) is 2. The maximum Gasteiger partial charge on any atom is 0.410 e. The van der Waals surface area contributed by atoms with Crippen LogP contribution in [0.25, 0.3) is 11.0 Å². The SMILES string of the molecule is C=Nc1cc(C(N)=O)cc(OC)c1N(C/C=C/Cn1c(NC)nc2cc(C(N)=O)cc(OCCCN(C(=O)OC(C)(C)C)C3CC3)c21)CNC(=O)c1cc(C)nn1CC. The number of rotatable bonds is 20. The zero-order chi connectivity index (χ0) is 43.0. The molecule has 18 nitrogen and oxygen atoms in total. The largest absolute Gasteiger partial charge is 0.494 e. The molecule has 0 unspecified atom stereocenters. The van der Waals surface area contributed by atoms with Crippen molar-refractivity contribution in [3.8, 4) is 11.5 Å². The van der Waals surface area contributed by atoms with Crippen molar-refractivity contribution < 1.29 is 33.4 Å². The second-order valence-electron chi connectivity index (χ2n) is 15.0. The molecule has 2 heterocycles. The van der Waals surface area contributed by atoms with Crippen molar-refractivity contribution in [1.29, 1.82) is 0 Å². The third-order valence-electron chi connectivity index (χ3n) is 9.42. The minimum atomic E-state index is -0.664. The second kappa shape index (κ2) is 18.8. The van der Waals surface area contributed by atoms with E-state index in [1.807, 2.05) is 56.2 Å². The molecule has 316 valence electrons. The fraction of sp³-hybridized carbons (Fsp3) is 0.439. The molecule has 1 aliphatic rings. The maximum atomic E-state index is 13.4. The fourth-order valence-electron chi connectivity index (χ4n) is 6.57. The van der Waals surface area contributed by atoms with Gasteiger partial charge in [-0.15, -0.1) is 0 Å². The highest BCUT2D eigenvalue weighted by molar-refractivity contribution is 5.99. The van der Waals surface area contributed by atoms with E-state index in [9.17, 15) is 19.2 Å². The van der Waals surface area contributed by atoms with Gasteiger partial charge in [0.05, 0.1) is 37.3 Å². The first-order chi connectivity index (χ1) is 28.1. The van der Waals surface area contributed by atoms with Crippen molar-refractivity contribution >= 4 is 58.9 Å².